The zero-order valence-corrected chi connectivity index (χ0v) is 20.6. The first-order valence-electron chi connectivity index (χ1n) is 11.1. The van der Waals surface area contributed by atoms with Crippen molar-refractivity contribution in [2.24, 2.45) is 21.5 Å². The number of nitrogens with one attached hydrogen (secondary N) is 1. The van der Waals surface area contributed by atoms with Crippen LogP contribution in [0.3, 0.4) is 0 Å². The monoisotopic (exact) mass is 546 g/mol. The van der Waals surface area contributed by atoms with Crippen LogP contribution in [-0.4, -0.2) is 52.4 Å². The summed E-state index contributed by atoms with van der Waals surface area (Å²) in [4.78, 5) is 22.6. The van der Waals surface area contributed by atoms with Gasteiger partial charge in [0.2, 0.25) is 0 Å². The van der Waals surface area contributed by atoms with Gasteiger partial charge in [-0.2, -0.15) is 13.9 Å². The quantitative estimate of drug-likeness (QED) is 0.277. The number of methoxy groups -OCH3 is 1. The number of benzene rings is 2. The molecule has 2 heterocycles. The molecule has 0 spiro atoms. The molecule has 0 bridgehead atoms. The molecule has 0 radical (unpaired) electrons. The third-order valence-electron chi connectivity index (χ3n) is 5.90. The zero-order chi connectivity index (χ0) is 27.6. The van der Waals surface area contributed by atoms with Crippen LogP contribution >= 0.6 is 11.6 Å². The number of nitrogens with two attached hydrogens (primary N) is 2. The lowest BCUT2D eigenvalue weighted by molar-refractivity contribution is -0.130. The SMILES string of the molecule is COCC(c1ccc(Cl)c(C(N)=NC=N)c1)N1C(=O)C(c2ccc(-c3cnn(C(F)F)c3)cc2F)N=C1N. The Hall–Kier alpha value is -4.23. The van der Waals surface area contributed by atoms with Gasteiger partial charge in [-0.15, -0.1) is 0 Å². The smallest absolute Gasteiger partial charge is 0.333 e. The fraction of sp³-hybridized carbons (Fsp3) is 0.208. The number of alkyl halides is 2. The largest absolute Gasteiger partial charge is 0.383 e. The Kier molecular flexibility index (Phi) is 7.78. The summed E-state index contributed by atoms with van der Waals surface area (Å²) >= 11 is 6.24. The topological polar surface area (TPSA) is 148 Å². The van der Waals surface area contributed by atoms with Crippen LogP contribution in [0.2, 0.25) is 5.02 Å². The molecule has 4 rings (SSSR count). The van der Waals surface area contributed by atoms with Gasteiger partial charge >= 0.3 is 6.55 Å². The Labute approximate surface area is 219 Å². The Morgan fingerprint density at radius 1 is 1.29 bits per heavy atom. The van der Waals surface area contributed by atoms with Gasteiger partial charge in [0.15, 0.2) is 12.0 Å². The van der Waals surface area contributed by atoms with E-state index >= 15 is 4.39 Å². The molecule has 5 N–H and O–H groups in total. The highest BCUT2D eigenvalue weighted by Gasteiger charge is 2.40. The van der Waals surface area contributed by atoms with Crippen molar-refractivity contribution >= 4 is 35.6 Å². The van der Waals surface area contributed by atoms with Crippen LogP contribution in [-0.2, 0) is 9.53 Å². The van der Waals surface area contributed by atoms with Gasteiger partial charge in [0.25, 0.3) is 5.91 Å². The molecule has 1 aromatic heterocycles. The second-order valence-electron chi connectivity index (χ2n) is 8.17. The molecule has 1 aliphatic heterocycles. The number of amides is 1. The van der Waals surface area contributed by atoms with Gasteiger partial charge in [0, 0.05) is 30.0 Å². The molecule has 0 saturated heterocycles. The zero-order valence-electron chi connectivity index (χ0n) is 19.9. The highest BCUT2D eigenvalue weighted by molar-refractivity contribution is 6.34. The summed E-state index contributed by atoms with van der Waals surface area (Å²) in [6.07, 6.45) is 3.05. The van der Waals surface area contributed by atoms with Gasteiger partial charge in [0.1, 0.15) is 18.0 Å². The van der Waals surface area contributed by atoms with E-state index in [-0.39, 0.29) is 34.6 Å². The van der Waals surface area contributed by atoms with Crippen LogP contribution in [0.1, 0.15) is 35.3 Å². The first-order chi connectivity index (χ1) is 18.2. The number of hydrogen-bond donors (Lipinski definition) is 3. The van der Waals surface area contributed by atoms with Crippen LogP contribution in [0, 0.1) is 11.2 Å². The summed E-state index contributed by atoms with van der Waals surface area (Å²) in [6, 6.07) is 6.71. The molecular formula is C24H22ClF3N8O2. The maximum absolute atomic E-state index is 15.2. The Morgan fingerprint density at radius 3 is 2.68 bits per heavy atom. The number of carbonyl (C=O) groups is 1. The second-order valence-corrected chi connectivity index (χ2v) is 8.58. The van der Waals surface area contributed by atoms with Gasteiger partial charge in [0.05, 0.1) is 23.9 Å². The van der Waals surface area contributed by atoms with Gasteiger partial charge in [-0.05, 0) is 29.3 Å². The molecule has 0 aliphatic carbocycles. The average molecular weight is 547 g/mol. The number of aromatic nitrogens is 2. The minimum absolute atomic E-state index is 0.00321. The maximum Gasteiger partial charge on any atom is 0.333 e. The van der Waals surface area contributed by atoms with Crippen LogP contribution in [0.25, 0.3) is 11.1 Å². The summed E-state index contributed by atoms with van der Waals surface area (Å²) in [5, 5.41) is 11.0. The Bertz CT molecular complexity index is 1440. The molecule has 198 valence electrons. The van der Waals surface area contributed by atoms with E-state index in [1.165, 1.54) is 30.3 Å². The number of carbonyl (C=O) groups excluding carboxylic acids is 1. The molecule has 10 nitrogen and oxygen atoms in total. The third kappa shape index (κ3) is 5.10. The molecular weight excluding hydrogens is 525 g/mol. The van der Waals surface area contributed by atoms with Crippen molar-refractivity contribution in [3.8, 4) is 11.1 Å². The van der Waals surface area contributed by atoms with Crippen molar-refractivity contribution in [2.75, 3.05) is 13.7 Å². The summed E-state index contributed by atoms with van der Waals surface area (Å²) in [6.45, 7) is -2.82. The molecule has 2 aromatic carbocycles. The number of nitrogens with zero attached hydrogens (tertiary/aromatic N) is 5. The number of halogens is 4. The van der Waals surface area contributed by atoms with E-state index in [9.17, 15) is 13.6 Å². The average Bonchev–Trinajstić information content (AvgIpc) is 3.48. The fourth-order valence-corrected chi connectivity index (χ4v) is 4.31. The minimum atomic E-state index is -2.83. The number of rotatable bonds is 9. The third-order valence-corrected chi connectivity index (χ3v) is 6.23. The highest BCUT2D eigenvalue weighted by Crippen LogP contribution is 2.35. The van der Waals surface area contributed by atoms with E-state index in [1.807, 2.05) is 0 Å². The van der Waals surface area contributed by atoms with Crippen LogP contribution < -0.4 is 11.5 Å². The maximum atomic E-state index is 15.2. The van der Waals surface area contributed by atoms with E-state index in [1.54, 1.807) is 18.2 Å². The predicted molar refractivity (Wildman–Crippen MR) is 136 cm³/mol. The molecule has 38 heavy (non-hydrogen) atoms. The molecule has 0 fully saturated rings. The van der Waals surface area contributed by atoms with Gasteiger partial charge in [-0.1, -0.05) is 29.8 Å². The summed E-state index contributed by atoms with van der Waals surface area (Å²) in [5.41, 5.74) is 13.5. The van der Waals surface area contributed by atoms with Crippen molar-refractivity contribution in [3.63, 3.8) is 0 Å². The lowest BCUT2D eigenvalue weighted by Crippen LogP contribution is -2.42. The number of ether oxygens (including phenoxy) is 1. The number of aliphatic imine (C=N–C) groups is 2. The van der Waals surface area contributed by atoms with Crippen LogP contribution in [0.15, 0.2) is 58.8 Å². The minimum Gasteiger partial charge on any atom is -0.383 e. The van der Waals surface area contributed by atoms with E-state index in [4.69, 9.17) is 33.2 Å². The van der Waals surface area contributed by atoms with E-state index in [0.717, 1.165) is 18.6 Å². The van der Waals surface area contributed by atoms with Crippen LogP contribution in [0.5, 0.6) is 0 Å². The number of hydrogen-bond acceptors (Lipinski definition) is 6. The van der Waals surface area contributed by atoms with E-state index < -0.39 is 30.4 Å². The normalized spacial score (nSPS) is 16.7. The molecule has 1 aliphatic rings. The van der Waals surface area contributed by atoms with Gasteiger partial charge in [-0.3, -0.25) is 15.1 Å². The standard InChI is InChI=1S/C24H22ClF3N8O2/c1-38-10-19(13-3-5-17(25)16(6-13)21(30)32-11-29)36-22(37)20(34-24(36)31)15-4-2-12(7-18(15)26)14-8-33-35(9-14)23(27)28/h2-9,11,19-20,23H,10H2,1H3,(H2,31,34)(H3,29,30,32). The molecule has 0 saturated carbocycles. The van der Waals surface area contributed by atoms with Crippen molar-refractivity contribution in [2.45, 2.75) is 18.6 Å². The number of amidine groups is 1. The highest BCUT2D eigenvalue weighted by atomic mass is 35.5. The molecule has 2 atom stereocenters. The van der Waals surface area contributed by atoms with E-state index in [2.05, 4.69) is 15.1 Å². The molecule has 3 aromatic rings. The summed E-state index contributed by atoms with van der Waals surface area (Å²) in [7, 11) is 1.44. The van der Waals surface area contributed by atoms with Gasteiger partial charge in [-0.25, -0.2) is 19.1 Å². The first-order valence-corrected chi connectivity index (χ1v) is 11.4. The number of guanidine groups is 1. The first kappa shape index (κ1) is 26.8. The summed E-state index contributed by atoms with van der Waals surface area (Å²) < 4.78 is 46.6. The molecule has 2 unspecified atom stereocenters. The van der Waals surface area contributed by atoms with Crippen molar-refractivity contribution in [1.29, 1.82) is 5.41 Å². The van der Waals surface area contributed by atoms with Crippen LogP contribution in [0.4, 0.5) is 13.2 Å². The summed E-state index contributed by atoms with van der Waals surface area (Å²) in [5.74, 6) is -1.52. The predicted octanol–water partition coefficient (Wildman–Crippen LogP) is 3.64. The van der Waals surface area contributed by atoms with E-state index in [0.29, 0.717) is 21.4 Å². The van der Waals surface area contributed by atoms with Crippen molar-refractivity contribution < 1.29 is 22.7 Å². The Balaban J connectivity index is 1.65. The molecule has 14 heteroatoms. The molecule has 1 amide bonds. The lowest BCUT2D eigenvalue weighted by atomic mass is 9.99. The van der Waals surface area contributed by atoms with Crippen molar-refractivity contribution in [1.82, 2.24) is 14.7 Å². The van der Waals surface area contributed by atoms with Gasteiger partial charge < -0.3 is 16.2 Å². The second kappa shape index (κ2) is 11.0. The van der Waals surface area contributed by atoms with Crippen molar-refractivity contribution in [3.05, 3.63) is 76.3 Å². The fourth-order valence-electron chi connectivity index (χ4n) is 4.10. The Morgan fingerprint density at radius 2 is 2.05 bits per heavy atom. The lowest BCUT2D eigenvalue weighted by Gasteiger charge is -2.28.